The van der Waals surface area contributed by atoms with Gasteiger partial charge in [-0.1, -0.05) is 11.8 Å². The summed E-state index contributed by atoms with van der Waals surface area (Å²) in [6, 6.07) is 6.22. The number of carbonyl (C=O) groups excluding carboxylic acids is 1. The fourth-order valence-electron chi connectivity index (χ4n) is 3.37. The number of rotatable bonds is 7. The van der Waals surface area contributed by atoms with Crippen molar-refractivity contribution in [3.8, 4) is 17.0 Å². The predicted octanol–water partition coefficient (Wildman–Crippen LogP) is 4.68. The minimum atomic E-state index is -2.88. The van der Waals surface area contributed by atoms with E-state index in [1.165, 1.54) is 35.2 Å². The van der Waals surface area contributed by atoms with Crippen LogP contribution in [-0.4, -0.2) is 43.3 Å². The van der Waals surface area contributed by atoms with E-state index in [0.29, 0.717) is 21.8 Å². The lowest BCUT2D eigenvalue weighted by Crippen LogP contribution is -2.17. The summed E-state index contributed by atoms with van der Waals surface area (Å²) in [6.07, 6.45) is 2.00. The molecule has 0 unspecified atom stereocenters. The Kier molecular flexibility index (Phi) is 6.56. The van der Waals surface area contributed by atoms with Crippen molar-refractivity contribution in [3.63, 3.8) is 0 Å². The smallest absolute Gasteiger partial charge is 0.387 e. The molecule has 0 spiro atoms. The maximum Gasteiger partial charge on any atom is 0.387 e. The van der Waals surface area contributed by atoms with Crippen molar-refractivity contribution in [1.82, 2.24) is 24.6 Å². The molecule has 33 heavy (non-hydrogen) atoms. The number of halogens is 2. The van der Waals surface area contributed by atoms with Gasteiger partial charge in [0.1, 0.15) is 5.75 Å². The summed E-state index contributed by atoms with van der Waals surface area (Å²) in [5.74, 6) is 0.348. The predicted molar refractivity (Wildman–Crippen MR) is 123 cm³/mol. The number of benzene rings is 1. The summed E-state index contributed by atoms with van der Waals surface area (Å²) >= 11 is 2.77. The van der Waals surface area contributed by atoms with Crippen molar-refractivity contribution in [2.24, 2.45) is 0 Å². The number of aryl methyl sites for hydroxylation is 3. The maximum atomic E-state index is 12.8. The molecule has 0 bridgehead atoms. The number of carbonyl (C=O) groups is 1. The highest BCUT2D eigenvalue weighted by Gasteiger charge is 2.18. The minimum Gasteiger partial charge on any atom is -0.435 e. The van der Waals surface area contributed by atoms with Crippen LogP contribution in [0.2, 0.25) is 0 Å². The Bertz CT molecular complexity index is 1320. The van der Waals surface area contributed by atoms with Gasteiger partial charge in [-0.15, -0.1) is 16.4 Å². The first kappa shape index (κ1) is 23.1. The highest BCUT2D eigenvalue weighted by atomic mass is 32.2. The summed E-state index contributed by atoms with van der Waals surface area (Å²) < 4.78 is 30.7. The lowest BCUT2D eigenvalue weighted by atomic mass is 10.1. The largest absolute Gasteiger partial charge is 0.435 e. The van der Waals surface area contributed by atoms with Crippen molar-refractivity contribution in [1.29, 1.82) is 0 Å². The number of amides is 1. The third-order valence-electron chi connectivity index (χ3n) is 4.95. The van der Waals surface area contributed by atoms with Crippen molar-refractivity contribution >= 4 is 39.9 Å². The highest BCUT2D eigenvalue weighted by molar-refractivity contribution is 7.98. The molecular formula is C21H20F2N6O2S2. The Hall–Kier alpha value is -3.12. The summed E-state index contributed by atoms with van der Waals surface area (Å²) in [5.41, 5.74) is 3.71. The molecule has 0 radical (unpaired) electrons. The van der Waals surface area contributed by atoms with Gasteiger partial charge in [-0.25, -0.2) is 14.5 Å². The molecule has 8 nitrogen and oxygen atoms in total. The van der Waals surface area contributed by atoms with Crippen LogP contribution in [0.25, 0.3) is 17.0 Å². The molecule has 0 saturated carbocycles. The van der Waals surface area contributed by atoms with Crippen LogP contribution >= 0.6 is 23.1 Å². The molecule has 3 heterocycles. The molecule has 4 aromatic rings. The van der Waals surface area contributed by atoms with Crippen LogP contribution < -0.4 is 10.1 Å². The third-order valence-corrected chi connectivity index (χ3v) is 6.37. The lowest BCUT2D eigenvalue weighted by molar-refractivity contribution is -0.115. The fraction of sp³-hybridized carbons (Fsp3) is 0.286. The molecule has 0 aliphatic heterocycles. The normalized spacial score (nSPS) is 11.4. The summed E-state index contributed by atoms with van der Waals surface area (Å²) in [5, 5.41) is 8.32. The second kappa shape index (κ2) is 9.40. The van der Waals surface area contributed by atoms with E-state index in [0.717, 1.165) is 27.4 Å². The van der Waals surface area contributed by atoms with Gasteiger partial charge in [0, 0.05) is 27.4 Å². The van der Waals surface area contributed by atoms with E-state index in [2.05, 4.69) is 30.1 Å². The quantitative estimate of drug-likeness (QED) is 0.376. The molecular weight excluding hydrogens is 470 g/mol. The van der Waals surface area contributed by atoms with Crippen molar-refractivity contribution < 1.29 is 18.3 Å². The number of thiazole rings is 1. The molecule has 3 aromatic heterocycles. The Balaban J connectivity index is 1.51. The monoisotopic (exact) mass is 490 g/mol. The van der Waals surface area contributed by atoms with Gasteiger partial charge in [0.2, 0.25) is 11.1 Å². The number of nitrogens with zero attached hydrogens (tertiary/aromatic N) is 5. The number of thioether (sulfide) groups is 1. The molecule has 12 heteroatoms. The second-order valence-electron chi connectivity index (χ2n) is 7.12. The second-order valence-corrected chi connectivity index (χ2v) is 9.10. The van der Waals surface area contributed by atoms with E-state index >= 15 is 0 Å². The third kappa shape index (κ3) is 4.96. The highest BCUT2D eigenvalue weighted by Crippen LogP contribution is 2.31. The number of hydrogen-bond donors (Lipinski definition) is 1. The van der Waals surface area contributed by atoms with E-state index in [-0.39, 0.29) is 18.1 Å². The molecule has 172 valence electrons. The number of aromatic nitrogens is 5. The van der Waals surface area contributed by atoms with Crippen molar-refractivity contribution in [2.75, 3.05) is 11.6 Å². The molecule has 0 atom stereocenters. The van der Waals surface area contributed by atoms with Gasteiger partial charge >= 0.3 is 6.61 Å². The van der Waals surface area contributed by atoms with Gasteiger partial charge in [-0.05, 0) is 51.3 Å². The molecule has 0 aliphatic carbocycles. The number of nitrogens with one attached hydrogen (secondary N) is 1. The molecule has 4 rings (SSSR count). The molecule has 0 aliphatic rings. The van der Waals surface area contributed by atoms with Crippen LogP contribution in [-0.2, 0) is 11.2 Å². The van der Waals surface area contributed by atoms with Gasteiger partial charge in [0.15, 0.2) is 5.13 Å². The van der Waals surface area contributed by atoms with Crippen LogP contribution in [0, 0.1) is 20.8 Å². The van der Waals surface area contributed by atoms with E-state index in [4.69, 9.17) is 0 Å². The van der Waals surface area contributed by atoms with Crippen LogP contribution in [0.1, 0.15) is 21.8 Å². The van der Waals surface area contributed by atoms with E-state index in [9.17, 15) is 13.6 Å². The summed E-state index contributed by atoms with van der Waals surface area (Å²) in [6.45, 7) is 2.73. The van der Waals surface area contributed by atoms with Crippen molar-refractivity contribution in [3.05, 3.63) is 46.1 Å². The lowest BCUT2D eigenvalue weighted by Gasteiger charge is -2.09. The standard InChI is InChI=1S/C21H20F2N6O2S2/c1-10-15(11(2)29-19(24-10)27-21(28-29)32-4)9-16(30)25-20-26-17(12(3)33-20)13-5-7-14(8-6-13)31-18(22)23/h5-8,18H,9H2,1-4H3,(H,25,26,30). The molecule has 1 amide bonds. The molecule has 0 fully saturated rings. The summed E-state index contributed by atoms with van der Waals surface area (Å²) in [4.78, 5) is 27.0. The van der Waals surface area contributed by atoms with Gasteiger partial charge in [0.05, 0.1) is 12.1 Å². The van der Waals surface area contributed by atoms with Gasteiger partial charge < -0.3 is 10.1 Å². The first-order chi connectivity index (χ1) is 15.7. The first-order valence-corrected chi connectivity index (χ1v) is 11.9. The van der Waals surface area contributed by atoms with Crippen molar-refractivity contribution in [2.45, 2.75) is 39.0 Å². The molecule has 0 saturated heterocycles. The Morgan fingerprint density at radius 1 is 1.18 bits per heavy atom. The maximum absolute atomic E-state index is 12.8. The number of ether oxygens (including phenoxy) is 1. The van der Waals surface area contributed by atoms with Crippen LogP contribution in [0.15, 0.2) is 29.4 Å². The Morgan fingerprint density at radius 2 is 1.91 bits per heavy atom. The van der Waals surface area contributed by atoms with Crippen LogP contribution in [0.5, 0.6) is 5.75 Å². The number of anilines is 1. The van der Waals surface area contributed by atoms with Crippen LogP contribution in [0.3, 0.4) is 0 Å². The van der Waals surface area contributed by atoms with E-state index in [1.807, 2.05) is 27.0 Å². The zero-order chi connectivity index (χ0) is 23.7. The van der Waals surface area contributed by atoms with Gasteiger partial charge in [0.25, 0.3) is 5.78 Å². The molecule has 1 N–H and O–H groups in total. The fourth-order valence-corrected chi connectivity index (χ4v) is 4.56. The van der Waals surface area contributed by atoms with Gasteiger partial charge in [-0.3, -0.25) is 4.79 Å². The number of fused-ring (bicyclic) bond motifs is 1. The number of hydrogen-bond acceptors (Lipinski definition) is 8. The molecule has 1 aromatic carbocycles. The van der Waals surface area contributed by atoms with Crippen LogP contribution in [0.4, 0.5) is 13.9 Å². The first-order valence-electron chi connectivity index (χ1n) is 9.84. The Morgan fingerprint density at radius 3 is 2.58 bits per heavy atom. The Labute approximate surface area is 196 Å². The topological polar surface area (TPSA) is 94.3 Å². The van der Waals surface area contributed by atoms with E-state index in [1.54, 1.807) is 16.6 Å². The number of alkyl halides is 2. The SMILES string of the molecule is CSc1nc2nc(C)c(CC(=O)Nc3nc(-c4ccc(OC(F)F)cc4)c(C)s3)c(C)n2n1. The van der Waals surface area contributed by atoms with E-state index < -0.39 is 6.61 Å². The van der Waals surface area contributed by atoms with Gasteiger partial charge in [-0.2, -0.15) is 13.8 Å². The zero-order valence-electron chi connectivity index (χ0n) is 18.2. The zero-order valence-corrected chi connectivity index (χ0v) is 19.9. The average molecular weight is 491 g/mol. The summed E-state index contributed by atoms with van der Waals surface area (Å²) in [7, 11) is 0. The minimum absolute atomic E-state index is 0.0727. The average Bonchev–Trinajstić information content (AvgIpc) is 3.34.